The van der Waals surface area contributed by atoms with Crippen molar-refractivity contribution in [2.24, 2.45) is 0 Å². The topological polar surface area (TPSA) is 35.6 Å². The number of hydrogen-bond acceptors (Lipinski definition) is 2. The molecule has 23 heavy (non-hydrogen) atoms. The van der Waals surface area contributed by atoms with Crippen molar-refractivity contribution in [1.29, 1.82) is 0 Å². The summed E-state index contributed by atoms with van der Waals surface area (Å²) in [6.45, 7) is 8.02. The third-order valence-electron chi connectivity index (χ3n) is 5.12. The van der Waals surface area contributed by atoms with Crippen LogP contribution in [-0.4, -0.2) is 54.1 Å². The molecule has 1 aromatic rings. The van der Waals surface area contributed by atoms with Crippen LogP contribution in [0.1, 0.15) is 38.2 Å². The summed E-state index contributed by atoms with van der Waals surface area (Å²) in [5.74, 6) is 0.525. The number of hydrogen-bond donors (Lipinski definition) is 1. The Balaban J connectivity index is 1.42. The van der Waals surface area contributed by atoms with Gasteiger partial charge in [-0.15, -0.1) is 0 Å². The van der Waals surface area contributed by atoms with E-state index in [1.807, 2.05) is 23.1 Å². The van der Waals surface area contributed by atoms with Crippen LogP contribution in [0.2, 0.25) is 5.02 Å². The van der Waals surface area contributed by atoms with Gasteiger partial charge >= 0.3 is 6.03 Å². The molecule has 0 unspecified atom stereocenters. The second-order valence-corrected chi connectivity index (χ2v) is 7.42. The maximum Gasteiger partial charge on any atom is 0.317 e. The predicted molar refractivity (Wildman–Crippen MR) is 94.0 cm³/mol. The lowest BCUT2D eigenvalue weighted by Crippen LogP contribution is -2.56. The molecule has 1 aliphatic carbocycles. The minimum Gasteiger partial charge on any atom is -0.335 e. The van der Waals surface area contributed by atoms with Crippen molar-refractivity contribution in [2.75, 3.05) is 26.2 Å². The summed E-state index contributed by atoms with van der Waals surface area (Å²) in [6, 6.07) is 9.02. The van der Waals surface area contributed by atoms with Gasteiger partial charge in [-0.05, 0) is 50.3 Å². The van der Waals surface area contributed by atoms with Crippen LogP contribution < -0.4 is 5.32 Å². The maximum absolute atomic E-state index is 12.4. The minimum absolute atomic E-state index is 0.1000. The zero-order valence-electron chi connectivity index (χ0n) is 14.0. The molecule has 0 bridgehead atoms. The third-order valence-corrected chi connectivity index (χ3v) is 5.35. The average Bonchev–Trinajstić information content (AvgIpc) is 2.50. The number of piperazine rings is 1. The Morgan fingerprint density at radius 3 is 2.52 bits per heavy atom. The van der Waals surface area contributed by atoms with Crippen molar-refractivity contribution in [3.63, 3.8) is 0 Å². The molecule has 2 aliphatic rings. The van der Waals surface area contributed by atoms with Gasteiger partial charge in [-0.25, -0.2) is 4.79 Å². The van der Waals surface area contributed by atoms with E-state index in [9.17, 15) is 4.79 Å². The summed E-state index contributed by atoms with van der Waals surface area (Å²) in [7, 11) is 0. The Morgan fingerprint density at radius 2 is 1.91 bits per heavy atom. The summed E-state index contributed by atoms with van der Waals surface area (Å²) in [4.78, 5) is 16.7. The van der Waals surface area contributed by atoms with Crippen molar-refractivity contribution in [1.82, 2.24) is 15.1 Å². The molecule has 0 atom stereocenters. The largest absolute Gasteiger partial charge is 0.335 e. The molecule has 0 radical (unpaired) electrons. The highest BCUT2D eigenvalue weighted by molar-refractivity contribution is 6.30. The summed E-state index contributed by atoms with van der Waals surface area (Å²) in [5.41, 5.74) is 1.29. The third kappa shape index (κ3) is 3.99. The average molecular weight is 336 g/mol. The second kappa shape index (κ2) is 7.10. The minimum atomic E-state index is 0.1000. The van der Waals surface area contributed by atoms with Gasteiger partial charge in [-0.1, -0.05) is 23.7 Å². The Hall–Kier alpha value is -1.26. The molecular weight excluding hydrogens is 310 g/mol. The number of rotatable bonds is 3. The van der Waals surface area contributed by atoms with Crippen molar-refractivity contribution < 1.29 is 4.79 Å². The zero-order chi connectivity index (χ0) is 16.4. The molecule has 3 rings (SSSR count). The van der Waals surface area contributed by atoms with Crippen LogP contribution in [0, 0.1) is 0 Å². The highest BCUT2D eigenvalue weighted by Gasteiger charge is 2.33. The smallest absolute Gasteiger partial charge is 0.317 e. The Kier molecular flexibility index (Phi) is 5.12. The molecule has 126 valence electrons. The van der Waals surface area contributed by atoms with Gasteiger partial charge in [-0.2, -0.15) is 0 Å². The van der Waals surface area contributed by atoms with Crippen LogP contribution in [0.4, 0.5) is 4.79 Å². The van der Waals surface area contributed by atoms with E-state index in [0.717, 1.165) is 44.0 Å². The van der Waals surface area contributed by atoms with Crippen LogP contribution in [0.25, 0.3) is 0 Å². The number of nitrogens with zero attached hydrogens (tertiary/aromatic N) is 2. The number of halogens is 1. The molecular formula is C18H26ClN3O. The summed E-state index contributed by atoms with van der Waals surface area (Å²) >= 11 is 6.05. The molecule has 0 spiro atoms. The monoisotopic (exact) mass is 335 g/mol. The van der Waals surface area contributed by atoms with Crippen LogP contribution in [0.5, 0.6) is 0 Å². The normalized spacial score (nSPS) is 25.3. The number of amides is 2. The Morgan fingerprint density at radius 1 is 1.22 bits per heavy atom. The molecule has 4 nitrogen and oxygen atoms in total. The van der Waals surface area contributed by atoms with Gasteiger partial charge in [0.15, 0.2) is 0 Å². The zero-order valence-corrected chi connectivity index (χ0v) is 14.7. The van der Waals surface area contributed by atoms with E-state index in [0.29, 0.717) is 18.0 Å². The Bertz CT molecular complexity index is 549. The molecule has 2 fully saturated rings. The Labute approximate surface area is 143 Å². The molecule has 1 aliphatic heterocycles. The summed E-state index contributed by atoms with van der Waals surface area (Å²) in [6.07, 6.45) is 2.02. The van der Waals surface area contributed by atoms with E-state index < -0.39 is 0 Å². The highest BCUT2D eigenvalue weighted by Crippen LogP contribution is 2.37. The van der Waals surface area contributed by atoms with Gasteiger partial charge in [0, 0.05) is 43.3 Å². The van der Waals surface area contributed by atoms with Gasteiger partial charge < -0.3 is 10.2 Å². The van der Waals surface area contributed by atoms with Crippen molar-refractivity contribution >= 4 is 17.6 Å². The lowest BCUT2D eigenvalue weighted by Gasteiger charge is -2.40. The van der Waals surface area contributed by atoms with Gasteiger partial charge in [0.1, 0.15) is 0 Å². The second-order valence-electron chi connectivity index (χ2n) is 6.99. The molecule has 1 N–H and O–H groups in total. The molecule has 0 aromatic heterocycles. The van der Waals surface area contributed by atoms with Crippen molar-refractivity contribution in [3.8, 4) is 0 Å². The summed E-state index contributed by atoms with van der Waals surface area (Å²) in [5, 5.41) is 3.97. The number of benzene rings is 1. The molecule has 1 aromatic carbocycles. The van der Waals surface area contributed by atoms with Crippen LogP contribution in [-0.2, 0) is 0 Å². The van der Waals surface area contributed by atoms with Crippen LogP contribution in [0.3, 0.4) is 0 Å². The predicted octanol–water partition coefficient (Wildman–Crippen LogP) is 3.32. The van der Waals surface area contributed by atoms with Crippen molar-refractivity contribution in [2.45, 2.75) is 44.7 Å². The molecule has 1 saturated carbocycles. The maximum atomic E-state index is 12.4. The number of urea groups is 1. The lowest BCUT2D eigenvalue weighted by molar-refractivity contribution is 0.115. The van der Waals surface area contributed by atoms with Gasteiger partial charge in [0.05, 0.1) is 0 Å². The van der Waals surface area contributed by atoms with E-state index >= 15 is 0 Å². The number of carbonyl (C=O) groups is 1. The van der Waals surface area contributed by atoms with Gasteiger partial charge in [-0.3, -0.25) is 4.90 Å². The quantitative estimate of drug-likeness (QED) is 0.919. The van der Waals surface area contributed by atoms with Crippen molar-refractivity contribution in [3.05, 3.63) is 34.9 Å². The first-order valence-corrected chi connectivity index (χ1v) is 8.95. The fraction of sp³-hybridized carbons (Fsp3) is 0.611. The van der Waals surface area contributed by atoms with Crippen LogP contribution >= 0.6 is 11.6 Å². The highest BCUT2D eigenvalue weighted by atomic mass is 35.5. The summed E-state index contributed by atoms with van der Waals surface area (Å²) < 4.78 is 0. The van der Waals surface area contributed by atoms with E-state index in [1.54, 1.807) is 0 Å². The lowest BCUT2D eigenvalue weighted by atomic mass is 9.76. The number of carbonyl (C=O) groups excluding carboxylic acids is 1. The first kappa shape index (κ1) is 16.6. The fourth-order valence-corrected chi connectivity index (χ4v) is 3.67. The SMILES string of the molecule is CC(C)N1CCN(C(=O)NC2CC(c3cccc(Cl)c3)C2)CC1. The first-order valence-electron chi connectivity index (χ1n) is 8.58. The van der Waals surface area contributed by atoms with E-state index in [4.69, 9.17) is 11.6 Å². The van der Waals surface area contributed by atoms with Gasteiger partial charge in [0.2, 0.25) is 0 Å². The van der Waals surface area contributed by atoms with E-state index in [-0.39, 0.29) is 6.03 Å². The van der Waals surface area contributed by atoms with E-state index in [1.165, 1.54) is 5.56 Å². The van der Waals surface area contributed by atoms with Gasteiger partial charge in [0.25, 0.3) is 0 Å². The molecule has 1 saturated heterocycles. The molecule has 2 amide bonds. The standard InChI is InChI=1S/C18H26ClN3O/c1-13(2)21-6-8-22(9-7-21)18(23)20-17-11-15(12-17)14-4-3-5-16(19)10-14/h3-5,10,13,15,17H,6-9,11-12H2,1-2H3,(H,20,23). The molecule has 5 heteroatoms. The van der Waals surface area contributed by atoms with E-state index in [2.05, 4.69) is 30.1 Å². The first-order chi connectivity index (χ1) is 11.0. The number of nitrogens with one attached hydrogen (secondary N) is 1. The molecule has 1 heterocycles. The van der Waals surface area contributed by atoms with Crippen LogP contribution in [0.15, 0.2) is 24.3 Å². The fourth-order valence-electron chi connectivity index (χ4n) is 3.48.